The van der Waals surface area contributed by atoms with Gasteiger partial charge in [0.15, 0.2) is 5.82 Å². The summed E-state index contributed by atoms with van der Waals surface area (Å²) in [5, 5.41) is 14.3. The molecular formula is C20H21F2N3O3. The van der Waals surface area contributed by atoms with Crippen LogP contribution in [-0.4, -0.2) is 38.9 Å². The number of likely N-dealkylation sites (N-methyl/N-ethyl adjacent to an activating group) is 1. The highest BCUT2D eigenvalue weighted by Crippen LogP contribution is 2.17. The Morgan fingerprint density at radius 3 is 2.46 bits per heavy atom. The second-order valence-corrected chi connectivity index (χ2v) is 6.43. The molecule has 1 atom stereocenters. The minimum atomic E-state index is -0.964. The van der Waals surface area contributed by atoms with Gasteiger partial charge < -0.3 is 5.11 Å². The maximum Gasteiger partial charge on any atom is 0.441 e. The van der Waals surface area contributed by atoms with Gasteiger partial charge in [0.2, 0.25) is 0 Å². The van der Waals surface area contributed by atoms with Crippen LogP contribution in [0.4, 0.5) is 8.78 Å². The van der Waals surface area contributed by atoms with Crippen molar-refractivity contribution in [3.8, 4) is 11.4 Å². The number of aromatic nitrogens is 2. The van der Waals surface area contributed by atoms with Crippen LogP contribution in [-0.2, 0) is 13.1 Å². The second-order valence-electron chi connectivity index (χ2n) is 6.43. The molecule has 6 nitrogen and oxygen atoms in total. The van der Waals surface area contributed by atoms with Gasteiger partial charge in [-0.15, -0.1) is 0 Å². The van der Waals surface area contributed by atoms with Gasteiger partial charge in [-0.2, -0.15) is 0 Å². The zero-order valence-corrected chi connectivity index (χ0v) is 15.4. The summed E-state index contributed by atoms with van der Waals surface area (Å²) in [7, 11) is 0. The van der Waals surface area contributed by atoms with E-state index in [-0.39, 0.29) is 25.2 Å². The molecule has 0 spiro atoms. The average Bonchev–Trinajstić information content (AvgIpc) is 3.05. The van der Waals surface area contributed by atoms with Crippen LogP contribution >= 0.6 is 0 Å². The maximum atomic E-state index is 13.9. The molecule has 0 saturated heterocycles. The number of halogens is 2. The topological polar surface area (TPSA) is 71.5 Å². The lowest BCUT2D eigenvalue weighted by atomic mass is 10.1. The molecule has 0 saturated carbocycles. The molecule has 0 bridgehead atoms. The van der Waals surface area contributed by atoms with Gasteiger partial charge in [-0.3, -0.25) is 14.0 Å². The molecule has 1 N–H and O–H groups in total. The SMILES string of the molecule is CCN(Cc1c(F)cccc1F)CC(O)Cn1c(-c2ccccc2)noc1=O. The minimum absolute atomic E-state index is 0.0101. The lowest BCUT2D eigenvalue weighted by Crippen LogP contribution is -2.36. The molecule has 3 rings (SSSR count). The summed E-state index contributed by atoms with van der Waals surface area (Å²) in [6.07, 6.45) is -0.964. The minimum Gasteiger partial charge on any atom is -0.390 e. The Balaban J connectivity index is 1.72. The van der Waals surface area contributed by atoms with Gasteiger partial charge in [0.05, 0.1) is 12.6 Å². The van der Waals surface area contributed by atoms with E-state index in [2.05, 4.69) is 5.16 Å². The van der Waals surface area contributed by atoms with E-state index in [1.807, 2.05) is 13.0 Å². The summed E-state index contributed by atoms with van der Waals surface area (Å²) in [4.78, 5) is 13.7. The summed E-state index contributed by atoms with van der Waals surface area (Å²) >= 11 is 0. The number of nitrogens with zero attached hydrogens (tertiary/aromatic N) is 3. The lowest BCUT2D eigenvalue weighted by molar-refractivity contribution is 0.0945. The van der Waals surface area contributed by atoms with Crippen LogP contribution in [0, 0.1) is 11.6 Å². The van der Waals surface area contributed by atoms with E-state index in [4.69, 9.17) is 4.52 Å². The molecule has 0 aliphatic heterocycles. The van der Waals surface area contributed by atoms with Crippen LogP contribution in [0.1, 0.15) is 12.5 Å². The Morgan fingerprint density at radius 1 is 1.14 bits per heavy atom. The highest BCUT2D eigenvalue weighted by Gasteiger charge is 2.19. The number of aliphatic hydroxyl groups is 1. The lowest BCUT2D eigenvalue weighted by Gasteiger charge is -2.24. The van der Waals surface area contributed by atoms with Crippen molar-refractivity contribution in [2.45, 2.75) is 26.1 Å². The molecule has 8 heteroatoms. The Hall–Kier alpha value is -2.84. The Kier molecular flexibility index (Phi) is 6.33. The van der Waals surface area contributed by atoms with Crippen molar-refractivity contribution >= 4 is 0 Å². The van der Waals surface area contributed by atoms with Gasteiger partial charge in [0.1, 0.15) is 11.6 Å². The molecule has 148 valence electrons. The summed E-state index contributed by atoms with van der Waals surface area (Å²) in [5.74, 6) is -1.63. The fraction of sp³-hybridized carbons (Fsp3) is 0.300. The smallest absolute Gasteiger partial charge is 0.390 e. The Labute approximate surface area is 160 Å². The largest absolute Gasteiger partial charge is 0.441 e. The normalized spacial score (nSPS) is 12.5. The monoisotopic (exact) mass is 389 g/mol. The molecule has 28 heavy (non-hydrogen) atoms. The summed E-state index contributed by atoms with van der Waals surface area (Å²) < 4.78 is 33.8. The van der Waals surface area contributed by atoms with Gasteiger partial charge in [0.25, 0.3) is 0 Å². The zero-order valence-electron chi connectivity index (χ0n) is 15.4. The van der Waals surface area contributed by atoms with Crippen LogP contribution in [0.25, 0.3) is 11.4 Å². The van der Waals surface area contributed by atoms with E-state index in [1.165, 1.54) is 22.8 Å². The molecule has 0 aliphatic rings. The number of aliphatic hydroxyl groups excluding tert-OH is 1. The van der Waals surface area contributed by atoms with E-state index in [0.29, 0.717) is 17.9 Å². The van der Waals surface area contributed by atoms with Crippen LogP contribution in [0.5, 0.6) is 0 Å². The number of benzene rings is 2. The van der Waals surface area contributed by atoms with Gasteiger partial charge in [-0.1, -0.05) is 48.5 Å². The predicted molar refractivity (Wildman–Crippen MR) is 99.5 cm³/mol. The van der Waals surface area contributed by atoms with Crippen LogP contribution < -0.4 is 5.76 Å². The third-order valence-electron chi connectivity index (χ3n) is 4.47. The molecule has 1 aromatic heterocycles. The zero-order chi connectivity index (χ0) is 20.1. The van der Waals surface area contributed by atoms with Crippen LogP contribution in [0.3, 0.4) is 0 Å². The van der Waals surface area contributed by atoms with Gasteiger partial charge >= 0.3 is 5.76 Å². The van der Waals surface area contributed by atoms with Crippen molar-refractivity contribution in [3.63, 3.8) is 0 Å². The molecule has 0 amide bonds. The molecular weight excluding hydrogens is 368 g/mol. The first-order valence-corrected chi connectivity index (χ1v) is 8.94. The van der Waals surface area contributed by atoms with Crippen LogP contribution in [0.15, 0.2) is 57.8 Å². The van der Waals surface area contributed by atoms with Crippen LogP contribution in [0.2, 0.25) is 0 Å². The van der Waals surface area contributed by atoms with Crippen molar-refractivity contribution in [1.82, 2.24) is 14.6 Å². The quantitative estimate of drug-likeness (QED) is 0.641. The molecule has 1 unspecified atom stereocenters. The first-order chi connectivity index (χ1) is 13.5. The third-order valence-corrected chi connectivity index (χ3v) is 4.47. The third kappa shape index (κ3) is 4.52. The Morgan fingerprint density at radius 2 is 1.82 bits per heavy atom. The van der Waals surface area contributed by atoms with Crippen molar-refractivity contribution in [2.75, 3.05) is 13.1 Å². The number of rotatable bonds is 8. The number of hydrogen-bond donors (Lipinski definition) is 1. The van der Waals surface area contributed by atoms with E-state index in [0.717, 1.165) is 0 Å². The first-order valence-electron chi connectivity index (χ1n) is 8.94. The molecule has 0 fully saturated rings. The standard InChI is InChI=1S/C20H21F2N3O3/c1-2-24(13-16-17(21)9-6-10-18(16)22)11-15(26)12-25-19(23-28-20(25)27)14-7-4-3-5-8-14/h3-10,15,26H,2,11-13H2,1H3. The van der Waals surface area contributed by atoms with E-state index in [1.54, 1.807) is 29.2 Å². The Bertz CT molecular complexity index is 952. The molecule has 3 aromatic rings. The van der Waals surface area contributed by atoms with Gasteiger partial charge in [-0.25, -0.2) is 13.6 Å². The fourth-order valence-electron chi connectivity index (χ4n) is 3.00. The fourth-order valence-corrected chi connectivity index (χ4v) is 3.00. The number of hydrogen-bond acceptors (Lipinski definition) is 5. The molecule has 1 heterocycles. The van der Waals surface area contributed by atoms with E-state index < -0.39 is 23.5 Å². The van der Waals surface area contributed by atoms with Crippen molar-refractivity contribution in [2.24, 2.45) is 0 Å². The summed E-state index contributed by atoms with van der Waals surface area (Å²) in [6, 6.07) is 12.7. The van der Waals surface area contributed by atoms with E-state index >= 15 is 0 Å². The molecule has 0 radical (unpaired) electrons. The van der Waals surface area contributed by atoms with Gasteiger partial charge in [0, 0.05) is 24.2 Å². The summed E-state index contributed by atoms with van der Waals surface area (Å²) in [6.45, 7) is 2.37. The van der Waals surface area contributed by atoms with E-state index in [9.17, 15) is 18.7 Å². The summed E-state index contributed by atoms with van der Waals surface area (Å²) in [5.41, 5.74) is 0.630. The maximum absolute atomic E-state index is 13.9. The van der Waals surface area contributed by atoms with Crippen molar-refractivity contribution < 1.29 is 18.4 Å². The first kappa shape index (κ1) is 19.9. The molecule has 2 aromatic carbocycles. The highest BCUT2D eigenvalue weighted by atomic mass is 19.1. The van der Waals surface area contributed by atoms with Gasteiger partial charge in [-0.05, 0) is 18.7 Å². The second kappa shape index (κ2) is 8.90. The highest BCUT2D eigenvalue weighted by molar-refractivity contribution is 5.54. The molecule has 0 aliphatic carbocycles. The predicted octanol–water partition coefficient (Wildman–Crippen LogP) is 2.66. The average molecular weight is 389 g/mol. The van der Waals surface area contributed by atoms with Crippen molar-refractivity contribution in [3.05, 3.63) is 76.3 Å². The van der Waals surface area contributed by atoms with Crippen molar-refractivity contribution in [1.29, 1.82) is 0 Å².